The highest BCUT2D eigenvalue weighted by Crippen LogP contribution is 2.30. The number of aliphatic imine (C=N–C) groups is 1. The van der Waals surface area contributed by atoms with Crippen molar-refractivity contribution in [2.24, 2.45) is 4.99 Å². The molecule has 0 saturated carbocycles. The predicted octanol–water partition coefficient (Wildman–Crippen LogP) is 4.53. The van der Waals surface area contributed by atoms with Gasteiger partial charge in [-0.1, -0.05) is 36.3 Å². The van der Waals surface area contributed by atoms with E-state index in [4.69, 9.17) is 0 Å². The van der Waals surface area contributed by atoms with Gasteiger partial charge in [-0.15, -0.1) is 5.92 Å². The first-order valence-corrected chi connectivity index (χ1v) is 8.20. The molecule has 26 heavy (non-hydrogen) atoms. The maximum Gasteiger partial charge on any atom is 0.282 e. The lowest BCUT2D eigenvalue weighted by Crippen LogP contribution is -2.07. The van der Waals surface area contributed by atoms with Crippen LogP contribution in [0.15, 0.2) is 59.9 Å². The third-order valence-corrected chi connectivity index (χ3v) is 4.32. The van der Waals surface area contributed by atoms with Crippen molar-refractivity contribution in [2.75, 3.05) is 0 Å². The van der Waals surface area contributed by atoms with Gasteiger partial charge in [0.05, 0.1) is 23.6 Å². The highest BCUT2D eigenvalue weighted by Gasteiger charge is 2.25. The zero-order valence-corrected chi connectivity index (χ0v) is 14.1. The molecule has 3 aromatic rings. The molecule has 0 spiro atoms. The van der Waals surface area contributed by atoms with Crippen molar-refractivity contribution in [3.63, 3.8) is 0 Å². The molecule has 1 aliphatic heterocycles. The molecule has 0 amide bonds. The maximum atomic E-state index is 13.3. The Kier molecular flexibility index (Phi) is 4.10. The fraction of sp³-hybridized carbons (Fsp3) is 0.143. The third kappa shape index (κ3) is 2.70. The van der Waals surface area contributed by atoms with E-state index in [0.717, 1.165) is 28.1 Å². The summed E-state index contributed by atoms with van der Waals surface area (Å²) < 4.78 is 28.4. The van der Waals surface area contributed by atoms with E-state index in [1.54, 1.807) is 11.5 Å². The lowest BCUT2D eigenvalue weighted by Gasteiger charge is -2.12. The van der Waals surface area contributed by atoms with Gasteiger partial charge in [-0.3, -0.25) is 4.99 Å². The first-order chi connectivity index (χ1) is 12.7. The summed E-state index contributed by atoms with van der Waals surface area (Å²) in [7, 11) is 0. The predicted molar refractivity (Wildman–Crippen MR) is 96.9 cm³/mol. The largest absolute Gasteiger partial charge is 0.300 e. The molecule has 0 aliphatic carbocycles. The maximum absolute atomic E-state index is 13.3. The van der Waals surface area contributed by atoms with Crippen LogP contribution in [0.4, 0.5) is 8.78 Å². The van der Waals surface area contributed by atoms with Crippen molar-refractivity contribution >= 4 is 5.71 Å². The molecule has 128 valence electrons. The Labute approximate surface area is 150 Å². The Morgan fingerprint density at radius 2 is 1.92 bits per heavy atom. The minimum absolute atomic E-state index is 0.146. The molecule has 2 heterocycles. The molecular formula is C21H15F2N3. The number of rotatable bonds is 2. The first-order valence-electron chi connectivity index (χ1n) is 8.20. The molecule has 1 aliphatic rings. The second-order valence-corrected chi connectivity index (χ2v) is 5.88. The quantitative estimate of drug-likeness (QED) is 0.626. The van der Waals surface area contributed by atoms with Crippen LogP contribution in [0.2, 0.25) is 0 Å². The monoisotopic (exact) mass is 347 g/mol. The average molecular weight is 347 g/mol. The zero-order chi connectivity index (χ0) is 18.1. The van der Waals surface area contributed by atoms with Crippen molar-refractivity contribution in [2.45, 2.75) is 19.9 Å². The fourth-order valence-electron chi connectivity index (χ4n) is 3.17. The number of hydrogen-bond donors (Lipinski definition) is 0. The highest BCUT2D eigenvalue weighted by atomic mass is 19.3. The minimum Gasteiger partial charge on any atom is -0.300 e. The summed E-state index contributed by atoms with van der Waals surface area (Å²) in [5, 5.41) is 0. The molecule has 0 N–H and O–H groups in total. The van der Waals surface area contributed by atoms with Gasteiger partial charge in [0.25, 0.3) is 6.43 Å². The molecule has 5 heteroatoms. The lowest BCUT2D eigenvalue weighted by molar-refractivity contribution is 0.145. The summed E-state index contributed by atoms with van der Waals surface area (Å²) in [6.07, 6.45) is -1.18. The van der Waals surface area contributed by atoms with Crippen molar-refractivity contribution in [1.82, 2.24) is 9.55 Å². The fourth-order valence-corrected chi connectivity index (χ4v) is 3.17. The van der Waals surface area contributed by atoms with Gasteiger partial charge in [-0.25, -0.2) is 13.8 Å². The Bertz CT molecular complexity index is 1050. The van der Waals surface area contributed by atoms with Crippen LogP contribution in [-0.2, 0) is 6.54 Å². The molecule has 0 radical (unpaired) electrons. The van der Waals surface area contributed by atoms with E-state index in [9.17, 15) is 8.78 Å². The van der Waals surface area contributed by atoms with Crippen molar-refractivity contribution in [3.05, 3.63) is 82.9 Å². The van der Waals surface area contributed by atoms with Crippen molar-refractivity contribution < 1.29 is 8.78 Å². The Morgan fingerprint density at radius 1 is 1.12 bits per heavy atom. The van der Waals surface area contributed by atoms with Crippen molar-refractivity contribution in [1.29, 1.82) is 0 Å². The Morgan fingerprint density at radius 3 is 2.65 bits per heavy atom. The molecule has 4 rings (SSSR count). The number of hydrogen-bond acceptors (Lipinski definition) is 2. The van der Waals surface area contributed by atoms with Crippen LogP contribution in [-0.4, -0.2) is 15.3 Å². The summed E-state index contributed by atoms with van der Waals surface area (Å²) >= 11 is 0. The molecule has 0 saturated heterocycles. The van der Waals surface area contributed by atoms with Crippen LogP contribution in [0.1, 0.15) is 41.4 Å². The number of nitrogens with zero attached hydrogens (tertiary/aromatic N) is 3. The molecule has 0 atom stereocenters. The van der Waals surface area contributed by atoms with Crippen LogP contribution in [0.5, 0.6) is 0 Å². The molecule has 1 aromatic heterocycles. The number of fused-ring (bicyclic) bond motifs is 3. The standard InChI is InChI=1S/C21H15F2N3/c1-2-6-14-9-10-17-16(11-14)19(15-7-4-3-5-8-15)24-12-18-20(21(22)23)25-13-26(17)18/h3-5,7-11,13,21H,12H2,1H3. The van der Waals surface area contributed by atoms with E-state index in [1.165, 1.54) is 6.33 Å². The van der Waals surface area contributed by atoms with Crippen LogP contribution in [0.25, 0.3) is 5.69 Å². The summed E-state index contributed by atoms with van der Waals surface area (Å²) in [6, 6.07) is 15.5. The number of benzene rings is 2. The smallest absolute Gasteiger partial charge is 0.282 e. The van der Waals surface area contributed by atoms with E-state index in [0.29, 0.717) is 5.69 Å². The number of aromatic nitrogens is 2. The summed E-state index contributed by atoms with van der Waals surface area (Å²) in [6.45, 7) is 1.92. The van der Waals surface area contributed by atoms with Gasteiger partial charge in [0.2, 0.25) is 0 Å². The molecule has 3 nitrogen and oxygen atoms in total. The van der Waals surface area contributed by atoms with Gasteiger partial charge >= 0.3 is 0 Å². The number of imidazole rings is 1. The minimum atomic E-state index is -2.63. The van der Waals surface area contributed by atoms with Crippen LogP contribution < -0.4 is 0 Å². The van der Waals surface area contributed by atoms with Gasteiger partial charge in [0.15, 0.2) is 0 Å². The first kappa shape index (κ1) is 16.2. The van der Waals surface area contributed by atoms with Crippen molar-refractivity contribution in [3.8, 4) is 17.5 Å². The van der Waals surface area contributed by atoms with Gasteiger partial charge < -0.3 is 4.57 Å². The topological polar surface area (TPSA) is 30.2 Å². The third-order valence-electron chi connectivity index (χ3n) is 4.32. The van der Waals surface area contributed by atoms with Gasteiger partial charge in [-0.05, 0) is 25.1 Å². The SMILES string of the molecule is CC#Cc1ccc2c(c1)C(c1ccccc1)=NCc1c(C(F)F)ncn1-2. The van der Waals surface area contributed by atoms with E-state index in [-0.39, 0.29) is 12.2 Å². The van der Waals surface area contributed by atoms with Gasteiger partial charge in [0.1, 0.15) is 12.0 Å². The summed E-state index contributed by atoms with van der Waals surface area (Å²) in [5.74, 6) is 5.94. The van der Waals surface area contributed by atoms with E-state index < -0.39 is 6.43 Å². The van der Waals surface area contributed by atoms with E-state index in [2.05, 4.69) is 21.8 Å². The Hall–Kier alpha value is -3.26. The molecule has 0 bridgehead atoms. The second-order valence-electron chi connectivity index (χ2n) is 5.88. The van der Waals surface area contributed by atoms with Crippen LogP contribution in [0.3, 0.4) is 0 Å². The van der Waals surface area contributed by atoms with Crippen LogP contribution in [0, 0.1) is 11.8 Å². The number of alkyl halides is 2. The van der Waals surface area contributed by atoms with Gasteiger partial charge in [0, 0.05) is 16.7 Å². The number of halogens is 2. The Balaban J connectivity index is 1.98. The van der Waals surface area contributed by atoms with Gasteiger partial charge in [-0.2, -0.15) is 0 Å². The van der Waals surface area contributed by atoms with Crippen LogP contribution >= 0.6 is 0 Å². The lowest BCUT2D eigenvalue weighted by atomic mass is 9.98. The molecule has 0 unspecified atom stereocenters. The zero-order valence-electron chi connectivity index (χ0n) is 14.1. The van der Waals surface area contributed by atoms with E-state index >= 15 is 0 Å². The summed E-state index contributed by atoms with van der Waals surface area (Å²) in [5.41, 5.74) is 4.40. The normalized spacial score (nSPS) is 12.5. The molecule has 0 fully saturated rings. The average Bonchev–Trinajstić information content (AvgIpc) is 3.01. The highest BCUT2D eigenvalue weighted by molar-refractivity contribution is 6.15. The second kappa shape index (κ2) is 6.57. The molecular weight excluding hydrogens is 332 g/mol. The summed E-state index contributed by atoms with van der Waals surface area (Å²) in [4.78, 5) is 8.58. The molecule has 2 aromatic carbocycles. The van der Waals surface area contributed by atoms with E-state index in [1.807, 2.05) is 48.5 Å².